The number of fused-ring (bicyclic) bond motifs is 1. The molecule has 6 heteroatoms. The fourth-order valence-corrected chi connectivity index (χ4v) is 4.26. The number of carbonyl (C=O) groups excluding carboxylic acids is 1. The molecule has 3 rings (SSSR count). The first-order valence-electron chi connectivity index (χ1n) is 10.2. The Kier molecular flexibility index (Phi) is 7.34. The van der Waals surface area contributed by atoms with Crippen LogP contribution in [0.25, 0.3) is 10.2 Å². The van der Waals surface area contributed by atoms with Gasteiger partial charge in [0.25, 0.3) is 0 Å². The second-order valence-electron chi connectivity index (χ2n) is 7.55. The third-order valence-corrected chi connectivity index (χ3v) is 6.13. The number of nitrogens with zero attached hydrogens (tertiary/aromatic N) is 4. The van der Waals surface area contributed by atoms with Gasteiger partial charge in [-0.1, -0.05) is 26.0 Å². The van der Waals surface area contributed by atoms with E-state index in [0.29, 0.717) is 5.57 Å². The van der Waals surface area contributed by atoms with Gasteiger partial charge in [-0.05, 0) is 43.5 Å². The molecule has 5 nitrogen and oxygen atoms in total. The van der Waals surface area contributed by atoms with Gasteiger partial charge in [0.1, 0.15) is 5.84 Å². The number of Topliss-reactive ketones (excluding diaryl/α,β-unsaturated/α-hetero) is 1. The van der Waals surface area contributed by atoms with Crippen molar-refractivity contribution in [3.05, 3.63) is 53.2 Å². The Bertz CT molecular complexity index is 935. The van der Waals surface area contributed by atoms with Crippen molar-refractivity contribution in [2.45, 2.75) is 40.2 Å². The zero-order valence-corrected chi connectivity index (χ0v) is 18.5. The van der Waals surface area contributed by atoms with E-state index in [2.05, 4.69) is 51.5 Å². The van der Waals surface area contributed by atoms with Gasteiger partial charge in [-0.25, -0.2) is 9.98 Å². The number of piperazine rings is 1. The van der Waals surface area contributed by atoms with Gasteiger partial charge in [0, 0.05) is 44.5 Å². The van der Waals surface area contributed by atoms with Gasteiger partial charge in [-0.2, -0.15) is 0 Å². The molecule has 2 aromatic rings. The summed E-state index contributed by atoms with van der Waals surface area (Å²) in [6, 6.07) is 6.57. The van der Waals surface area contributed by atoms with Crippen molar-refractivity contribution in [2.24, 2.45) is 4.99 Å². The molecule has 0 amide bonds. The first-order chi connectivity index (χ1) is 14.0. The van der Waals surface area contributed by atoms with Crippen LogP contribution >= 0.6 is 11.3 Å². The van der Waals surface area contributed by atoms with E-state index in [1.165, 1.54) is 10.3 Å². The van der Waals surface area contributed by atoms with Crippen LogP contribution in [-0.4, -0.2) is 52.6 Å². The highest BCUT2D eigenvalue weighted by molar-refractivity contribution is 7.16. The Morgan fingerprint density at radius 2 is 2.03 bits per heavy atom. The smallest absolute Gasteiger partial charge is 0.161 e. The molecular weight excluding hydrogens is 380 g/mol. The van der Waals surface area contributed by atoms with E-state index in [1.807, 2.05) is 12.4 Å². The number of amidine groups is 1. The zero-order valence-electron chi connectivity index (χ0n) is 17.6. The molecule has 1 aromatic carbocycles. The second-order valence-corrected chi connectivity index (χ2v) is 8.43. The molecule has 0 radical (unpaired) electrons. The number of hydrogen-bond acceptors (Lipinski definition) is 5. The average molecular weight is 411 g/mol. The van der Waals surface area contributed by atoms with Crippen molar-refractivity contribution in [1.82, 2.24) is 14.8 Å². The number of allylic oxidation sites excluding steroid dienone is 2. The van der Waals surface area contributed by atoms with Crippen molar-refractivity contribution >= 4 is 33.2 Å². The molecule has 1 saturated heterocycles. The van der Waals surface area contributed by atoms with Gasteiger partial charge >= 0.3 is 0 Å². The highest BCUT2D eigenvalue weighted by Gasteiger charge is 2.18. The molecule has 0 spiro atoms. The number of benzene rings is 1. The summed E-state index contributed by atoms with van der Waals surface area (Å²) >= 11 is 1.68. The van der Waals surface area contributed by atoms with Crippen LogP contribution in [0.2, 0.25) is 0 Å². The fraction of sp³-hybridized carbons (Fsp3) is 0.435. The van der Waals surface area contributed by atoms with Gasteiger partial charge in [0.2, 0.25) is 0 Å². The average Bonchev–Trinajstić information content (AvgIpc) is 3.16. The van der Waals surface area contributed by atoms with Gasteiger partial charge in [-0.3, -0.25) is 9.69 Å². The Hall–Kier alpha value is -2.31. The number of aliphatic imine (C=N–C) groups is 1. The quantitative estimate of drug-likeness (QED) is 0.288. The maximum absolute atomic E-state index is 11.9. The fourth-order valence-electron chi connectivity index (χ4n) is 3.60. The van der Waals surface area contributed by atoms with Crippen molar-refractivity contribution in [3.8, 4) is 0 Å². The van der Waals surface area contributed by atoms with E-state index in [9.17, 15) is 4.79 Å². The maximum Gasteiger partial charge on any atom is 0.161 e. The van der Waals surface area contributed by atoms with Crippen LogP contribution in [0.3, 0.4) is 0 Å². The van der Waals surface area contributed by atoms with Gasteiger partial charge < -0.3 is 4.90 Å². The SMILES string of the molecule is C=C(CCC)/C(=C\N=C(/C)N1CCN(Cc2ccc3scnc3c2)CC1)C(C)=O. The number of rotatable bonds is 7. The van der Waals surface area contributed by atoms with Crippen LogP contribution in [0.5, 0.6) is 0 Å². The first-order valence-corrected chi connectivity index (χ1v) is 11.1. The third kappa shape index (κ3) is 5.61. The minimum Gasteiger partial charge on any atom is -0.358 e. The van der Waals surface area contributed by atoms with Crippen LogP contribution in [0.15, 0.2) is 52.6 Å². The van der Waals surface area contributed by atoms with Gasteiger partial charge in [0.05, 0.1) is 15.7 Å². The lowest BCUT2D eigenvalue weighted by Gasteiger charge is -2.35. The second kappa shape index (κ2) is 9.94. The third-order valence-electron chi connectivity index (χ3n) is 5.32. The molecule has 0 N–H and O–H groups in total. The van der Waals surface area contributed by atoms with Gasteiger partial charge in [0.15, 0.2) is 5.78 Å². The minimum absolute atomic E-state index is 0.0295. The zero-order chi connectivity index (χ0) is 20.8. The summed E-state index contributed by atoms with van der Waals surface area (Å²) in [6.07, 6.45) is 3.50. The molecule has 154 valence electrons. The molecule has 0 saturated carbocycles. The Morgan fingerprint density at radius 3 is 2.72 bits per heavy atom. The monoisotopic (exact) mass is 410 g/mol. The molecule has 1 aromatic heterocycles. The number of thiazole rings is 1. The lowest BCUT2D eigenvalue weighted by atomic mass is 10.0. The number of aromatic nitrogens is 1. The summed E-state index contributed by atoms with van der Waals surface area (Å²) in [6.45, 7) is 14.5. The lowest BCUT2D eigenvalue weighted by Crippen LogP contribution is -2.47. The highest BCUT2D eigenvalue weighted by Crippen LogP contribution is 2.20. The molecule has 29 heavy (non-hydrogen) atoms. The molecule has 0 bridgehead atoms. The van der Waals surface area contributed by atoms with Crippen LogP contribution in [-0.2, 0) is 11.3 Å². The summed E-state index contributed by atoms with van der Waals surface area (Å²) in [7, 11) is 0. The summed E-state index contributed by atoms with van der Waals surface area (Å²) in [5, 5.41) is 0. The number of carbonyl (C=O) groups is 1. The topological polar surface area (TPSA) is 48.8 Å². The van der Waals surface area contributed by atoms with E-state index >= 15 is 0 Å². The molecule has 0 aliphatic carbocycles. The van der Waals surface area contributed by atoms with E-state index in [0.717, 1.165) is 62.5 Å². The predicted molar refractivity (Wildman–Crippen MR) is 122 cm³/mol. The summed E-state index contributed by atoms with van der Waals surface area (Å²) in [5.74, 6) is 0.985. The number of ketones is 1. The van der Waals surface area contributed by atoms with E-state index in [1.54, 1.807) is 24.5 Å². The predicted octanol–water partition coefficient (Wildman–Crippen LogP) is 4.66. The van der Waals surface area contributed by atoms with Crippen molar-refractivity contribution in [3.63, 3.8) is 0 Å². The molecule has 0 atom stereocenters. The standard InChI is InChI=1S/C23H30N4OS/c1-5-6-17(2)21(18(3)28)14-24-19(4)27-11-9-26(10-12-27)15-20-7-8-23-22(13-20)25-16-29-23/h7-8,13-14,16H,2,5-6,9-12,15H2,1,3-4H3/b21-14+,24-19+. The summed E-state index contributed by atoms with van der Waals surface area (Å²) in [4.78, 5) is 25.7. The van der Waals surface area contributed by atoms with E-state index in [4.69, 9.17) is 0 Å². The van der Waals surface area contributed by atoms with Crippen LogP contribution < -0.4 is 0 Å². The lowest BCUT2D eigenvalue weighted by molar-refractivity contribution is -0.113. The van der Waals surface area contributed by atoms with Crippen LogP contribution in [0.1, 0.15) is 39.2 Å². The largest absolute Gasteiger partial charge is 0.358 e. The van der Waals surface area contributed by atoms with Crippen molar-refractivity contribution in [1.29, 1.82) is 0 Å². The Morgan fingerprint density at radius 1 is 1.28 bits per heavy atom. The van der Waals surface area contributed by atoms with E-state index in [-0.39, 0.29) is 5.78 Å². The molecule has 1 aliphatic heterocycles. The molecule has 1 fully saturated rings. The molecule has 0 unspecified atom stereocenters. The summed E-state index contributed by atoms with van der Waals surface area (Å²) < 4.78 is 1.24. The molecule has 2 heterocycles. The van der Waals surface area contributed by atoms with Gasteiger partial charge in [-0.15, -0.1) is 11.3 Å². The maximum atomic E-state index is 11.9. The number of hydrogen-bond donors (Lipinski definition) is 0. The Balaban J connectivity index is 1.57. The van der Waals surface area contributed by atoms with Crippen LogP contribution in [0.4, 0.5) is 0 Å². The molecular formula is C23H30N4OS. The first kappa shape index (κ1) is 21.4. The summed E-state index contributed by atoms with van der Waals surface area (Å²) in [5.41, 5.74) is 5.82. The van der Waals surface area contributed by atoms with Crippen LogP contribution in [0, 0.1) is 0 Å². The molecule has 1 aliphatic rings. The van der Waals surface area contributed by atoms with Crippen molar-refractivity contribution in [2.75, 3.05) is 26.2 Å². The Labute approximate surface area is 177 Å². The highest BCUT2D eigenvalue weighted by atomic mass is 32.1. The van der Waals surface area contributed by atoms with E-state index < -0.39 is 0 Å². The van der Waals surface area contributed by atoms with Crippen molar-refractivity contribution < 1.29 is 4.79 Å². The normalized spacial score (nSPS) is 16.4. The minimum atomic E-state index is 0.0295.